The number of hydrogen-bond acceptors (Lipinski definition) is 3. The van der Waals surface area contributed by atoms with E-state index in [0.717, 1.165) is 12.1 Å². The molecule has 0 saturated carbocycles. The van der Waals surface area contributed by atoms with Gasteiger partial charge in [0.15, 0.2) is 5.78 Å². The number of rotatable bonds is 4. The van der Waals surface area contributed by atoms with Crippen LogP contribution in [0.1, 0.15) is 22.3 Å². The van der Waals surface area contributed by atoms with Gasteiger partial charge >= 0.3 is 12.1 Å². The van der Waals surface area contributed by atoms with Gasteiger partial charge in [-0.3, -0.25) is 9.59 Å². The molecule has 0 heterocycles. The normalized spacial score (nSPS) is 11.1. The lowest BCUT2D eigenvalue weighted by Crippen LogP contribution is -2.17. The summed E-state index contributed by atoms with van der Waals surface area (Å²) in [7, 11) is 0. The second-order valence-electron chi connectivity index (χ2n) is 3.40. The third kappa shape index (κ3) is 3.41. The van der Waals surface area contributed by atoms with Crippen LogP contribution in [0.3, 0.4) is 0 Å². The number of benzene rings is 1. The highest BCUT2D eigenvalue weighted by molar-refractivity contribution is 6.37. The zero-order chi connectivity index (χ0) is 13.9. The van der Waals surface area contributed by atoms with Gasteiger partial charge in [0.05, 0.1) is 12.0 Å². The van der Waals surface area contributed by atoms with Crippen LogP contribution in [0.5, 0.6) is 0 Å². The molecule has 1 rings (SSSR count). The predicted molar refractivity (Wildman–Crippen MR) is 53.0 cm³/mol. The van der Waals surface area contributed by atoms with E-state index in [0.29, 0.717) is 12.1 Å². The van der Waals surface area contributed by atoms with Crippen LogP contribution in [-0.4, -0.2) is 22.6 Å². The van der Waals surface area contributed by atoms with Gasteiger partial charge in [0.2, 0.25) is 5.78 Å². The SMILES string of the molecule is O=C(O)C(=O)CC(=O)c1ccc(C(F)(F)F)cc1. The molecule has 96 valence electrons. The summed E-state index contributed by atoms with van der Waals surface area (Å²) in [6.07, 6.45) is -5.39. The van der Waals surface area contributed by atoms with Gasteiger partial charge in [-0.05, 0) is 12.1 Å². The lowest BCUT2D eigenvalue weighted by atomic mass is 10.0. The van der Waals surface area contributed by atoms with Crippen LogP contribution >= 0.6 is 0 Å². The van der Waals surface area contributed by atoms with Gasteiger partial charge in [-0.2, -0.15) is 13.2 Å². The van der Waals surface area contributed by atoms with E-state index in [1.165, 1.54) is 0 Å². The molecular weight excluding hydrogens is 253 g/mol. The third-order valence-corrected chi connectivity index (χ3v) is 2.09. The largest absolute Gasteiger partial charge is 0.475 e. The van der Waals surface area contributed by atoms with E-state index in [1.807, 2.05) is 0 Å². The molecule has 0 aliphatic carbocycles. The molecule has 0 bridgehead atoms. The van der Waals surface area contributed by atoms with Crippen molar-refractivity contribution in [3.8, 4) is 0 Å². The zero-order valence-electron chi connectivity index (χ0n) is 8.82. The molecular formula is C11H7F3O4. The van der Waals surface area contributed by atoms with Crippen molar-refractivity contribution >= 4 is 17.5 Å². The summed E-state index contributed by atoms with van der Waals surface area (Å²) in [6.45, 7) is 0. The molecule has 1 aromatic carbocycles. The van der Waals surface area contributed by atoms with Crippen molar-refractivity contribution < 1.29 is 32.7 Å². The molecule has 0 spiro atoms. The third-order valence-electron chi connectivity index (χ3n) is 2.09. The fraction of sp³-hybridized carbons (Fsp3) is 0.182. The molecule has 0 atom stereocenters. The van der Waals surface area contributed by atoms with E-state index in [9.17, 15) is 27.6 Å². The molecule has 0 amide bonds. The fourth-order valence-corrected chi connectivity index (χ4v) is 1.17. The van der Waals surface area contributed by atoms with Gasteiger partial charge in [0.25, 0.3) is 0 Å². The first-order chi connectivity index (χ1) is 8.21. The standard InChI is InChI=1S/C11H7F3O4/c12-11(13,14)7-3-1-6(2-4-7)8(15)5-9(16)10(17)18/h1-4H,5H2,(H,17,18). The van der Waals surface area contributed by atoms with Crippen molar-refractivity contribution in [1.29, 1.82) is 0 Å². The Morgan fingerprint density at radius 2 is 1.56 bits per heavy atom. The minimum atomic E-state index is -4.52. The molecule has 7 heteroatoms. The van der Waals surface area contributed by atoms with Gasteiger partial charge in [-0.1, -0.05) is 12.1 Å². The second-order valence-corrected chi connectivity index (χ2v) is 3.40. The molecule has 0 radical (unpaired) electrons. The van der Waals surface area contributed by atoms with Crippen LogP contribution in [-0.2, 0) is 15.8 Å². The number of halogens is 3. The Morgan fingerprint density at radius 1 is 1.06 bits per heavy atom. The summed E-state index contributed by atoms with van der Waals surface area (Å²) in [5.74, 6) is -3.90. The molecule has 0 aromatic heterocycles. The van der Waals surface area contributed by atoms with Crippen molar-refractivity contribution in [3.63, 3.8) is 0 Å². The Bertz CT molecular complexity index is 488. The Morgan fingerprint density at radius 3 is 1.94 bits per heavy atom. The van der Waals surface area contributed by atoms with Crippen LogP contribution in [0.4, 0.5) is 13.2 Å². The highest BCUT2D eigenvalue weighted by Gasteiger charge is 2.30. The summed E-state index contributed by atoms with van der Waals surface area (Å²) in [5, 5.41) is 8.28. The van der Waals surface area contributed by atoms with Crippen molar-refractivity contribution in [3.05, 3.63) is 35.4 Å². The summed E-state index contributed by atoms with van der Waals surface area (Å²) in [5.41, 5.74) is -1.07. The summed E-state index contributed by atoms with van der Waals surface area (Å²) < 4.78 is 36.7. The van der Waals surface area contributed by atoms with Gasteiger partial charge in [0.1, 0.15) is 0 Å². The van der Waals surface area contributed by atoms with Gasteiger partial charge in [-0.15, -0.1) is 0 Å². The van der Waals surface area contributed by atoms with Gasteiger partial charge in [-0.25, -0.2) is 4.79 Å². The first-order valence-electron chi connectivity index (χ1n) is 4.68. The predicted octanol–water partition coefficient (Wildman–Crippen LogP) is 1.93. The Balaban J connectivity index is 2.83. The van der Waals surface area contributed by atoms with Crippen LogP contribution in [0.2, 0.25) is 0 Å². The average molecular weight is 260 g/mol. The van der Waals surface area contributed by atoms with E-state index in [4.69, 9.17) is 5.11 Å². The topological polar surface area (TPSA) is 71.4 Å². The maximum Gasteiger partial charge on any atom is 0.416 e. The number of carbonyl (C=O) groups excluding carboxylic acids is 2. The van der Waals surface area contributed by atoms with Crippen LogP contribution in [0, 0.1) is 0 Å². The lowest BCUT2D eigenvalue weighted by Gasteiger charge is -2.06. The fourth-order valence-electron chi connectivity index (χ4n) is 1.17. The average Bonchev–Trinajstić information content (AvgIpc) is 2.27. The first-order valence-corrected chi connectivity index (χ1v) is 4.68. The van der Waals surface area contributed by atoms with Crippen molar-refractivity contribution in [1.82, 2.24) is 0 Å². The number of ketones is 2. The van der Waals surface area contributed by atoms with Crippen LogP contribution in [0.15, 0.2) is 24.3 Å². The zero-order valence-corrected chi connectivity index (χ0v) is 8.82. The molecule has 0 aliphatic rings. The Labute approximate surface area is 99.0 Å². The highest BCUT2D eigenvalue weighted by Crippen LogP contribution is 2.29. The maximum atomic E-state index is 12.2. The van der Waals surface area contributed by atoms with Crippen LogP contribution in [0.25, 0.3) is 0 Å². The molecule has 0 aliphatic heterocycles. The first kappa shape index (κ1) is 13.9. The molecule has 1 N–H and O–H groups in total. The minimum absolute atomic E-state index is 0.141. The minimum Gasteiger partial charge on any atom is -0.475 e. The second kappa shape index (κ2) is 4.99. The van der Waals surface area contributed by atoms with Crippen LogP contribution < -0.4 is 0 Å². The van der Waals surface area contributed by atoms with E-state index < -0.39 is 35.7 Å². The highest BCUT2D eigenvalue weighted by atomic mass is 19.4. The van der Waals surface area contributed by atoms with Crippen molar-refractivity contribution in [2.45, 2.75) is 12.6 Å². The number of aliphatic carboxylic acids is 1. The molecule has 4 nitrogen and oxygen atoms in total. The summed E-state index contributed by atoms with van der Waals surface area (Å²) in [4.78, 5) is 32.3. The van der Waals surface area contributed by atoms with Gasteiger partial charge < -0.3 is 5.11 Å². The Hall–Kier alpha value is -2.18. The number of Topliss-reactive ketones (excluding diaryl/α,β-unsaturated/α-hetero) is 2. The van der Waals surface area contributed by atoms with Gasteiger partial charge in [0, 0.05) is 5.56 Å². The lowest BCUT2D eigenvalue weighted by molar-refractivity contribution is -0.148. The van der Waals surface area contributed by atoms with E-state index >= 15 is 0 Å². The monoisotopic (exact) mass is 260 g/mol. The molecule has 0 fully saturated rings. The molecule has 0 unspecified atom stereocenters. The number of hydrogen-bond donors (Lipinski definition) is 1. The van der Waals surface area contributed by atoms with Crippen molar-refractivity contribution in [2.75, 3.05) is 0 Å². The van der Waals surface area contributed by atoms with E-state index in [1.54, 1.807) is 0 Å². The quantitative estimate of drug-likeness (QED) is 0.510. The summed E-state index contributed by atoms with van der Waals surface area (Å²) in [6, 6.07) is 3.19. The smallest absolute Gasteiger partial charge is 0.416 e. The van der Waals surface area contributed by atoms with E-state index in [-0.39, 0.29) is 5.56 Å². The number of carboxylic acid groups (broad SMARTS) is 1. The molecule has 0 saturated heterocycles. The Kier molecular flexibility index (Phi) is 3.85. The number of carboxylic acids is 1. The van der Waals surface area contributed by atoms with Crippen molar-refractivity contribution in [2.24, 2.45) is 0 Å². The molecule has 1 aromatic rings. The maximum absolute atomic E-state index is 12.2. The summed E-state index contributed by atoms with van der Waals surface area (Å²) >= 11 is 0. The number of carbonyl (C=O) groups is 3. The number of alkyl halides is 3. The molecule has 18 heavy (non-hydrogen) atoms. The van der Waals surface area contributed by atoms with E-state index in [2.05, 4.69) is 0 Å².